The van der Waals surface area contributed by atoms with E-state index in [9.17, 15) is 0 Å². The van der Waals surface area contributed by atoms with Gasteiger partial charge in [0.2, 0.25) is 0 Å². The average molecular weight is 255 g/mol. The zero-order chi connectivity index (χ0) is 13.4. The van der Waals surface area contributed by atoms with E-state index in [0.29, 0.717) is 0 Å². The molecular formula is C16H21N3. The van der Waals surface area contributed by atoms with E-state index in [4.69, 9.17) is 0 Å². The molecule has 1 N–H and O–H groups in total. The minimum atomic E-state index is 0.732. The zero-order valence-electron chi connectivity index (χ0n) is 11.9. The molecule has 0 amide bonds. The molecule has 1 aromatic heterocycles. The van der Waals surface area contributed by atoms with Crippen molar-refractivity contribution in [3.8, 4) is 5.69 Å². The largest absolute Gasteiger partial charge is 0.310 e. The molecule has 3 nitrogen and oxygen atoms in total. The lowest BCUT2D eigenvalue weighted by molar-refractivity contribution is 0.679. The van der Waals surface area contributed by atoms with Gasteiger partial charge >= 0.3 is 0 Å². The van der Waals surface area contributed by atoms with Gasteiger partial charge in [-0.3, -0.25) is 0 Å². The highest BCUT2D eigenvalue weighted by Gasteiger charge is 2.21. The Bertz CT molecular complexity index is 594. The molecule has 1 aliphatic carbocycles. The molecule has 2 aromatic rings. The number of hydrogen-bond donors (Lipinski definition) is 1. The molecule has 100 valence electrons. The van der Waals surface area contributed by atoms with Gasteiger partial charge in [0, 0.05) is 18.3 Å². The van der Waals surface area contributed by atoms with Crippen molar-refractivity contribution in [1.82, 2.24) is 15.1 Å². The second-order valence-corrected chi connectivity index (χ2v) is 5.49. The molecular weight excluding hydrogens is 234 g/mol. The van der Waals surface area contributed by atoms with Crippen LogP contribution in [-0.2, 0) is 6.54 Å². The van der Waals surface area contributed by atoms with Crippen LogP contribution in [0, 0.1) is 20.8 Å². The van der Waals surface area contributed by atoms with Crippen LogP contribution < -0.4 is 5.32 Å². The summed E-state index contributed by atoms with van der Waals surface area (Å²) in [5.74, 6) is 0. The SMILES string of the molecule is Cc1nn(-c2ccccc2CNC2CC2)c(C)c1C. The number of nitrogens with one attached hydrogen (secondary N) is 1. The molecule has 1 fully saturated rings. The zero-order valence-corrected chi connectivity index (χ0v) is 11.9. The predicted octanol–water partition coefficient (Wildman–Crippen LogP) is 3.05. The molecule has 1 heterocycles. The molecule has 0 aliphatic heterocycles. The number of aryl methyl sites for hydroxylation is 1. The van der Waals surface area contributed by atoms with Gasteiger partial charge in [-0.15, -0.1) is 0 Å². The summed E-state index contributed by atoms with van der Waals surface area (Å²) in [6, 6.07) is 9.27. The normalized spacial score (nSPS) is 14.9. The van der Waals surface area contributed by atoms with Crippen molar-refractivity contribution in [1.29, 1.82) is 0 Å². The van der Waals surface area contributed by atoms with E-state index in [1.54, 1.807) is 0 Å². The Hall–Kier alpha value is -1.61. The first-order valence-corrected chi connectivity index (χ1v) is 7.01. The molecule has 3 heteroatoms. The first-order valence-electron chi connectivity index (χ1n) is 7.01. The van der Waals surface area contributed by atoms with Crippen LogP contribution in [0.3, 0.4) is 0 Å². The molecule has 0 spiro atoms. The van der Waals surface area contributed by atoms with Crippen LogP contribution in [0.25, 0.3) is 5.69 Å². The highest BCUT2D eigenvalue weighted by Crippen LogP contribution is 2.22. The smallest absolute Gasteiger partial charge is 0.0693 e. The van der Waals surface area contributed by atoms with Crippen LogP contribution in [0.2, 0.25) is 0 Å². The van der Waals surface area contributed by atoms with Crippen molar-refractivity contribution in [3.63, 3.8) is 0 Å². The van der Waals surface area contributed by atoms with Crippen molar-refractivity contribution >= 4 is 0 Å². The first-order chi connectivity index (χ1) is 9.16. The number of benzene rings is 1. The molecule has 0 saturated heterocycles. The Balaban J connectivity index is 1.96. The van der Waals surface area contributed by atoms with E-state index in [1.807, 2.05) is 0 Å². The third-order valence-electron chi connectivity index (χ3n) is 4.03. The molecule has 1 aliphatic rings. The second kappa shape index (κ2) is 4.82. The quantitative estimate of drug-likeness (QED) is 0.910. The predicted molar refractivity (Wildman–Crippen MR) is 77.6 cm³/mol. The van der Waals surface area contributed by atoms with Crippen molar-refractivity contribution < 1.29 is 0 Å². The summed E-state index contributed by atoms with van der Waals surface area (Å²) in [5, 5.41) is 8.26. The number of hydrogen-bond acceptors (Lipinski definition) is 2. The maximum Gasteiger partial charge on any atom is 0.0693 e. The van der Waals surface area contributed by atoms with Crippen molar-refractivity contribution in [2.45, 2.75) is 46.2 Å². The molecule has 0 radical (unpaired) electrons. The molecule has 1 saturated carbocycles. The maximum atomic E-state index is 4.67. The number of para-hydroxylation sites is 1. The lowest BCUT2D eigenvalue weighted by Gasteiger charge is -2.12. The third-order valence-corrected chi connectivity index (χ3v) is 4.03. The Morgan fingerprint density at radius 1 is 1.21 bits per heavy atom. The number of nitrogens with zero attached hydrogens (tertiary/aromatic N) is 2. The summed E-state index contributed by atoms with van der Waals surface area (Å²) in [7, 11) is 0. The van der Waals surface area contributed by atoms with E-state index < -0.39 is 0 Å². The molecule has 19 heavy (non-hydrogen) atoms. The number of rotatable bonds is 4. The fraction of sp³-hybridized carbons (Fsp3) is 0.438. The van der Waals surface area contributed by atoms with Gasteiger partial charge in [-0.25, -0.2) is 4.68 Å². The highest BCUT2D eigenvalue weighted by molar-refractivity contribution is 5.43. The van der Waals surface area contributed by atoms with E-state index in [-0.39, 0.29) is 0 Å². The van der Waals surface area contributed by atoms with Crippen LogP contribution in [0.15, 0.2) is 24.3 Å². The minimum absolute atomic E-state index is 0.732. The summed E-state index contributed by atoms with van der Waals surface area (Å²) >= 11 is 0. The molecule has 1 aromatic carbocycles. The Morgan fingerprint density at radius 3 is 2.58 bits per heavy atom. The third kappa shape index (κ3) is 2.43. The van der Waals surface area contributed by atoms with E-state index in [0.717, 1.165) is 18.3 Å². The Labute approximate surface area is 114 Å². The van der Waals surface area contributed by atoms with Crippen molar-refractivity contribution in [3.05, 3.63) is 46.8 Å². The summed E-state index contributed by atoms with van der Waals surface area (Å²) in [4.78, 5) is 0. The lowest BCUT2D eigenvalue weighted by Crippen LogP contribution is -2.17. The van der Waals surface area contributed by atoms with Gasteiger partial charge in [0.1, 0.15) is 0 Å². The van der Waals surface area contributed by atoms with Gasteiger partial charge in [-0.05, 0) is 50.8 Å². The van der Waals surface area contributed by atoms with Crippen molar-refractivity contribution in [2.75, 3.05) is 0 Å². The molecule has 0 atom stereocenters. The molecule has 0 bridgehead atoms. The monoisotopic (exact) mass is 255 g/mol. The van der Waals surface area contributed by atoms with E-state index >= 15 is 0 Å². The van der Waals surface area contributed by atoms with Gasteiger partial charge in [0.15, 0.2) is 0 Å². The Kier molecular flexibility index (Phi) is 3.15. The van der Waals surface area contributed by atoms with Gasteiger partial charge in [0.05, 0.1) is 11.4 Å². The van der Waals surface area contributed by atoms with Crippen LogP contribution in [0.4, 0.5) is 0 Å². The average Bonchev–Trinajstić information content (AvgIpc) is 3.21. The van der Waals surface area contributed by atoms with Crippen LogP contribution in [0.1, 0.15) is 35.4 Å². The minimum Gasteiger partial charge on any atom is -0.310 e. The van der Waals surface area contributed by atoms with Crippen LogP contribution in [-0.4, -0.2) is 15.8 Å². The summed E-state index contributed by atoms with van der Waals surface area (Å²) < 4.78 is 2.08. The van der Waals surface area contributed by atoms with Crippen LogP contribution >= 0.6 is 0 Å². The van der Waals surface area contributed by atoms with Gasteiger partial charge < -0.3 is 5.32 Å². The summed E-state index contributed by atoms with van der Waals surface area (Å²) in [6.45, 7) is 7.28. The Morgan fingerprint density at radius 2 is 1.95 bits per heavy atom. The van der Waals surface area contributed by atoms with E-state index in [1.165, 1.54) is 35.3 Å². The highest BCUT2D eigenvalue weighted by atomic mass is 15.3. The van der Waals surface area contributed by atoms with Gasteiger partial charge in [0.25, 0.3) is 0 Å². The first kappa shape index (κ1) is 12.4. The topological polar surface area (TPSA) is 29.9 Å². The van der Waals surface area contributed by atoms with Crippen molar-refractivity contribution in [2.24, 2.45) is 0 Å². The standard InChI is InChI=1S/C16H21N3/c1-11-12(2)18-19(13(11)3)16-7-5-4-6-14(16)10-17-15-8-9-15/h4-7,15,17H,8-10H2,1-3H3. The fourth-order valence-electron chi connectivity index (χ4n) is 2.36. The van der Waals surface area contributed by atoms with Crippen LogP contribution in [0.5, 0.6) is 0 Å². The number of aromatic nitrogens is 2. The lowest BCUT2D eigenvalue weighted by atomic mass is 10.1. The van der Waals surface area contributed by atoms with Gasteiger partial charge in [-0.2, -0.15) is 5.10 Å². The van der Waals surface area contributed by atoms with Gasteiger partial charge in [-0.1, -0.05) is 18.2 Å². The fourth-order valence-corrected chi connectivity index (χ4v) is 2.36. The molecule has 3 rings (SSSR count). The maximum absolute atomic E-state index is 4.67. The van der Waals surface area contributed by atoms with E-state index in [2.05, 4.69) is 60.1 Å². The summed E-state index contributed by atoms with van der Waals surface area (Å²) in [6.07, 6.45) is 2.64. The second-order valence-electron chi connectivity index (χ2n) is 5.49. The summed E-state index contributed by atoms with van der Waals surface area (Å²) in [5.41, 5.74) is 6.15. The molecule has 0 unspecified atom stereocenters.